The van der Waals surface area contributed by atoms with Crippen molar-refractivity contribution in [1.29, 1.82) is 0 Å². The molecule has 2 heterocycles. The zero-order chi connectivity index (χ0) is 13.3. The minimum Gasteiger partial charge on any atom is -0.378 e. The lowest BCUT2D eigenvalue weighted by molar-refractivity contribution is -0.0830. The zero-order valence-electron chi connectivity index (χ0n) is 11.6. The first kappa shape index (κ1) is 13.1. The van der Waals surface area contributed by atoms with Crippen LogP contribution in [0.5, 0.6) is 0 Å². The van der Waals surface area contributed by atoms with Gasteiger partial charge in [-0.2, -0.15) is 0 Å². The second-order valence-electron chi connectivity index (χ2n) is 5.46. The Balaban J connectivity index is 1.67. The first-order valence-corrected chi connectivity index (χ1v) is 7.76. The van der Waals surface area contributed by atoms with Crippen LogP contribution in [0.15, 0.2) is 17.8 Å². The van der Waals surface area contributed by atoms with Crippen molar-refractivity contribution < 1.29 is 4.74 Å². The Morgan fingerprint density at radius 2 is 2.42 bits per heavy atom. The zero-order valence-corrected chi connectivity index (χ0v) is 12.4. The number of imidazole rings is 1. The van der Waals surface area contributed by atoms with E-state index in [2.05, 4.69) is 32.5 Å². The van der Waals surface area contributed by atoms with Gasteiger partial charge < -0.3 is 10.1 Å². The highest BCUT2D eigenvalue weighted by atomic mass is 32.1. The summed E-state index contributed by atoms with van der Waals surface area (Å²) in [4.78, 5) is 5.74. The molecule has 0 radical (unpaired) electrons. The van der Waals surface area contributed by atoms with Gasteiger partial charge in [0, 0.05) is 37.3 Å². The van der Waals surface area contributed by atoms with Crippen LogP contribution in [0, 0.1) is 0 Å². The predicted octanol–water partition coefficient (Wildman–Crippen LogP) is 2.49. The average molecular weight is 279 g/mol. The third-order valence-electron chi connectivity index (χ3n) is 4.32. The number of nitrogens with zero attached hydrogens (tertiary/aromatic N) is 2. The van der Waals surface area contributed by atoms with E-state index in [1.165, 1.54) is 19.3 Å². The molecule has 0 amide bonds. The minimum absolute atomic E-state index is 0.116. The van der Waals surface area contributed by atoms with Crippen LogP contribution >= 0.6 is 11.3 Å². The Morgan fingerprint density at radius 1 is 1.58 bits per heavy atom. The Hall–Kier alpha value is -0.910. The summed E-state index contributed by atoms with van der Waals surface area (Å²) in [6.07, 6.45) is 9.93. The molecule has 0 spiro atoms. The fourth-order valence-electron chi connectivity index (χ4n) is 2.91. The van der Waals surface area contributed by atoms with Gasteiger partial charge >= 0.3 is 0 Å². The summed E-state index contributed by atoms with van der Waals surface area (Å²) < 4.78 is 7.82. The van der Waals surface area contributed by atoms with E-state index in [4.69, 9.17) is 4.74 Å². The molecule has 1 atom stereocenters. The number of hydrogen-bond donors (Lipinski definition) is 1. The van der Waals surface area contributed by atoms with Gasteiger partial charge in [-0.15, -0.1) is 11.3 Å². The van der Waals surface area contributed by atoms with E-state index in [-0.39, 0.29) is 5.60 Å². The minimum atomic E-state index is 0.116. The third kappa shape index (κ3) is 2.55. The number of ether oxygens (including phenoxy) is 1. The summed E-state index contributed by atoms with van der Waals surface area (Å²) in [6, 6.07) is 0.435. The van der Waals surface area contributed by atoms with Crippen molar-refractivity contribution in [2.24, 2.45) is 0 Å². The van der Waals surface area contributed by atoms with E-state index in [0.29, 0.717) is 6.04 Å². The summed E-state index contributed by atoms with van der Waals surface area (Å²) in [6.45, 7) is 0. The largest absolute Gasteiger partial charge is 0.378 e. The lowest BCUT2D eigenvalue weighted by Gasteiger charge is -2.42. The molecule has 0 bridgehead atoms. The number of methoxy groups -OCH3 is 1. The smallest absolute Gasteiger partial charge is 0.193 e. The van der Waals surface area contributed by atoms with Gasteiger partial charge in [-0.1, -0.05) is 0 Å². The Kier molecular flexibility index (Phi) is 3.60. The molecule has 1 fully saturated rings. The molecule has 0 saturated heterocycles. The second-order valence-corrected chi connectivity index (χ2v) is 6.33. The number of aromatic nitrogens is 2. The van der Waals surface area contributed by atoms with E-state index in [9.17, 15) is 0 Å². The molecule has 0 aromatic carbocycles. The number of hydrogen-bond acceptors (Lipinski definition) is 4. The maximum Gasteiger partial charge on any atom is 0.193 e. The van der Waals surface area contributed by atoms with Crippen molar-refractivity contribution in [3.63, 3.8) is 0 Å². The molecule has 4 nitrogen and oxygen atoms in total. The van der Waals surface area contributed by atoms with Crippen LogP contribution in [0.2, 0.25) is 0 Å². The molecule has 19 heavy (non-hydrogen) atoms. The molecule has 2 aromatic rings. The van der Waals surface area contributed by atoms with Crippen LogP contribution in [-0.2, 0) is 11.2 Å². The quantitative estimate of drug-likeness (QED) is 0.883. The van der Waals surface area contributed by atoms with Gasteiger partial charge in [0.2, 0.25) is 0 Å². The van der Waals surface area contributed by atoms with Crippen molar-refractivity contribution >= 4 is 16.3 Å². The Bertz CT molecular complexity index is 510. The molecule has 1 aliphatic carbocycles. The molecule has 5 heteroatoms. The first-order valence-electron chi connectivity index (χ1n) is 6.88. The maximum atomic E-state index is 5.72. The van der Waals surface area contributed by atoms with Crippen LogP contribution in [0.4, 0.5) is 0 Å². The predicted molar refractivity (Wildman–Crippen MR) is 77.8 cm³/mol. The monoisotopic (exact) mass is 279 g/mol. The highest BCUT2D eigenvalue weighted by Gasteiger charge is 2.38. The van der Waals surface area contributed by atoms with Crippen LogP contribution in [0.25, 0.3) is 4.96 Å². The molecular weight excluding hydrogens is 258 g/mol. The summed E-state index contributed by atoms with van der Waals surface area (Å²) in [5.74, 6) is 0. The van der Waals surface area contributed by atoms with E-state index in [1.54, 1.807) is 11.3 Å². The van der Waals surface area contributed by atoms with Gasteiger partial charge in [-0.05, 0) is 32.7 Å². The highest BCUT2D eigenvalue weighted by molar-refractivity contribution is 7.15. The molecule has 2 aromatic heterocycles. The molecular formula is C14H21N3OS. The lowest BCUT2D eigenvalue weighted by Crippen LogP contribution is -2.45. The molecule has 1 saturated carbocycles. The van der Waals surface area contributed by atoms with Crippen molar-refractivity contribution in [3.8, 4) is 0 Å². The highest BCUT2D eigenvalue weighted by Crippen LogP contribution is 2.39. The van der Waals surface area contributed by atoms with Crippen molar-refractivity contribution in [2.75, 3.05) is 14.2 Å². The normalized spacial score (nSPS) is 19.5. The fraction of sp³-hybridized carbons (Fsp3) is 0.643. The lowest BCUT2D eigenvalue weighted by atomic mass is 9.75. The standard InChI is InChI=1S/C14H21N3OS/c1-15-11(9-14(18-2)4-3-5-14)8-12-10-17-6-7-19-13(17)16-12/h6-7,10-11,15H,3-5,8-9H2,1-2H3. The summed E-state index contributed by atoms with van der Waals surface area (Å²) in [7, 11) is 3.88. The number of nitrogens with one attached hydrogen (secondary N) is 1. The van der Waals surface area contributed by atoms with E-state index in [1.807, 2.05) is 14.2 Å². The summed E-state index contributed by atoms with van der Waals surface area (Å²) in [5, 5.41) is 5.48. The Labute approximate surface area is 117 Å². The average Bonchev–Trinajstić information content (AvgIpc) is 2.92. The van der Waals surface area contributed by atoms with Crippen LogP contribution < -0.4 is 5.32 Å². The maximum absolute atomic E-state index is 5.72. The third-order valence-corrected chi connectivity index (χ3v) is 5.09. The van der Waals surface area contributed by atoms with Crippen molar-refractivity contribution in [3.05, 3.63) is 23.5 Å². The SMILES string of the molecule is CNC(Cc1cn2ccsc2n1)CC1(OC)CCC1. The number of fused-ring (bicyclic) bond motifs is 1. The van der Waals surface area contributed by atoms with Crippen molar-refractivity contribution in [1.82, 2.24) is 14.7 Å². The van der Waals surface area contributed by atoms with Gasteiger partial charge in [0.15, 0.2) is 4.96 Å². The molecule has 1 unspecified atom stereocenters. The number of likely N-dealkylation sites (N-methyl/N-ethyl adjacent to an activating group) is 1. The van der Waals surface area contributed by atoms with Gasteiger partial charge in [0.1, 0.15) is 0 Å². The van der Waals surface area contributed by atoms with Gasteiger partial charge in [-0.3, -0.25) is 4.40 Å². The molecule has 1 aliphatic rings. The molecule has 104 valence electrons. The Morgan fingerprint density at radius 3 is 3.00 bits per heavy atom. The summed E-state index contributed by atoms with van der Waals surface area (Å²) >= 11 is 1.68. The van der Waals surface area contributed by atoms with Gasteiger partial charge in [0.05, 0.1) is 11.3 Å². The van der Waals surface area contributed by atoms with E-state index < -0.39 is 0 Å². The topological polar surface area (TPSA) is 38.6 Å². The number of thiazole rings is 1. The van der Waals surface area contributed by atoms with E-state index >= 15 is 0 Å². The summed E-state index contributed by atoms with van der Waals surface area (Å²) in [5.41, 5.74) is 1.28. The molecule has 0 aliphatic heterocycles. The first-order chi connectivity index (χ1) is 9.24. The van der Waals surface area contributed by atoms with E-state index in [0.717, 1.165) is 23.5 Å². The van der Waals surface area contributed by atoms with Gasteiger partial charge in [-0.25, -0.2) is 4.98 Å². The second kappa shape index (κ2) is 5.23. The molecule has 1 N–H and O–H groups in total. The van der Waals surface area contributed by atoms with Crippen LogP contribution in [0.3, 0.4) is 0 Å². The van der Waals surface area contributed by atoms with Crippen LogP contribution in [-0.4, -0.2) is 35.2 Å². The van der Waals surface area contributed by atoms with Crippen LogP contribution in [0.1, 0.15) is 31.4 Å². The fourth-order valence-corrected chi connectivity index (χ4v) is 3.63. The van der Waals surface area contributed by atoms with Gasteiger partial charge in [0.25, 0.3) is 0 Å². The van der Waals surface area contributed by atoms with Crippen molar-refractivity contribution in [2.45, 2.75) is 43.7 Å². The number of rotatable bonds is 6. The molecule has 3 rings (SSSR count).